The van der Waals surface area contributed by atoms with E-state index in [2.05, 4.69) is 5.32 Å². The number of amides is 1. The van der Waals surface area contributed by atoms with Crippen molar-refractivity contribution in [3.05, 3.63) is 65.2 Å². The highest BCUT2D eigenvalue weighted by molar-refractivity contribution is 5.93. The average molecular weight is 330 g/mol. The van der Waals surface area contributed by atoms with E-state index in [1.807, 2.05) is 6.07 Å². The summed E-state index contributed by atoms with van der Waals surface area (Å²) >= 11 is 0. The molecule has 2 atom stereocenters. The fourth-order valence-corrected chi connectivity index (χ4v) is 2.38. The number of hydrogen-bond acceptors (Lipinski definition) is 2. The number of anilines is 1. The Kier molecular flexibility index (Phi) is 5.61. The van der Waals surface area contributed by atoms with Crippen molar-refractivity contribution in [1.82, 2.24) is 0 Å². The molecule has 0 aliphatic heterocycles. The lowest BCUT2D eigenvalue weighted by molar-refractivity contribution is -0.710. The SMILES string of the molecule is C[C@H]([NH2+][C@H](C)C(=O)Nc1ccc(C#N)cc1)c1ccc(F)cc1F. The smallest absolute Gasteiger partial charge is 0.282 e. The highest BCUT2D eigenvalue weighted by Crippen LogP contribution is 2.15. The molecule has 0 bridgehead atoms. The standard InChI is InChI=1S/C18H17F2N3O/c1-11(16-8-5-14(19)9-17(16)20)22-12(2)18(24)23-15-6-3-13(10-21)4-7-15/h3-9,11-12,22H,1-2H3,(H,23,24)/p+1/t11-,12+/m0/s1. The van der Waals surface area contributed by atoms with Crippen LogP contribution >= 0.6 is 0 Å². The number of quaternary nitrogens is 1. The zero-order valence-corrected chi connectivity index (χ0v) is 13.4. The van der Waals surface area contributed by atoms with Crippen LogP contribution in [0, 0.1) is 23.0 Å². The Hall–Kier alpha value is -2.78. The van der Waals surface area contributed by atoms with Gasteiger partial charge in [0.2, 0.25) is 0 Å². The number of carbonyl (C=O) groups is 1. The van der Waals surface area contributed by atoms with Gasteiger partial charge in [0.1, 0.15) is 17.7 Å². The van der Waals surface area contributed by atoms with Crippen molar-refractivity contribution in [2.45, 2.75) is 25.9 Å². The summed E-state index contributed by atoms with van der Waals surface area (Å²) in [7, 11) is 0. The molecule has 0 fully saturated rings. The number of nitrogens with one attached hydrogen (secondary N) is 1. The van der Waals surface area contributed by atoms with E-state index in [1.165, 1.54) is 12.1 Å². The fourth-order valence-electron chi connectivity index (χ4n) is 2.38. The molecule has 6 heteroatoms. The number of nitrogens with two attached hydrogens (primary N) is 1. The predicted octanol–water partition coefficient (Wildman–Crippen LogP) is 2.49. The molecule has 0 aliphatic rings. The van der Waals surface area contributed by atoms with E-state index in [4.69, 9.17) is 5.26 Å². The third-order valence-electron chi connectivity index (χ3n) is 3.73. The third-order valence-corrected chi connectivity index (χ3v) is 3.73. The second kappa shape index (κ2) is 7.66. The van der Waals surface area contributed by atoms with E-state index in [0.29, 0.717) is 16.8 Å². The van der Waals surface area contributed by atoms with E-state index in [1.54, 1.807) is 43.4 Å². The van der Waals surface area contributed by atoms with Gasteiger partial charge in [-0.05, 0) is 50.2 Å². The van der Waals surface area contributed by atoms with Crippen LogP contribution in [0.5, 0.6) is 0 Å². The first-order valence-corrected chi connectivity index (χ1v) is 7.51. The van der Waals surface area contributed by atoms with Crippen LogP contribution < -0.4 is 10.6 Å². The number of nitriles is 1. The van der Waals surface area contributed by atoms with Gasteiger partial charge in [-0.25, -0.2) is 8.78 Å². The van der Waals surface area contributed by atoms with Crippen molar-refractivity contribution < 1.29 is 18.9 Å². The first kappa shape index (κ1) is 17.6. The number of benzene rings is 2. The first-order chi connectivity index (χ1) is 11.4. The Bertz CT molecular complexity index is 769. The maximum Gasteiger partial charge on any atom is 0.282 e. The number of rotatable bonds is 5. The zero-order chi connectivity index (χ0) is 17.7. The molecule has 0 heterocycles. The monoisotopic (exact) mass is 330 g/mol. The van der Waals surface area contributed by atoms with Crippen LogP contribution in [0.1, 0.15) is 31.0 Å². The molecule has 4 nitrogen and oxygen atoms in total. The largest absolute Gasteiger partial charge is 0.330 e. The zero-order valence-electron chi connectivity index (χ0n) is 13.4. The van der Waals surface area contributed by atoms with Crippen LogP contribution in [-0.2, 0) is 4.79 Å². The summed E-state index contributed by atoms with van der Waals surface area (Å²) in [5.41, 5.74) is 1.43. The van der Waals surface area contributed by atoms with Crippen LogP contribution in [0.2, 0.25) is 0 Å². The van der Waals surface area contributed by atoms with Gasteiger partial charge in [-0.2, -0.15) is 5.26 Å². The highest BCUT2D eigenvalue weighted by Gasteiger charge is 2.22. The lowest BCUT2D eigenvalue weighted by Gasteiger charge is -2.17. The van der Waals surface area contributed by atoms with Crippen molar-refractivity contribution in [2.75, 3.05) is 5.32 Å². The van der Waals surface area contributed by atoms with Gasteiger partial charge in [-0.15, -0.1) is 0 Å². The minimum absolute atomic E-state index is 0.242. The molecule has 0 aliphatic carbocycles. The maximum absolute atomic E-state index is 13.8. The Morgan fingerprint density at radius 2 is 1.83 bits per heavy atom. The Balaban J connectivity index is 1.98. The van der Waals surface area contributed by atoms with Gasteiger partial charge in [0, 0.05) is 17.3 Å². The molecule has 124 valence electrons. The van der Waals surface area contributed by atoms with E-state index < -0.39 is 17.7 Å². The molecule has 2 aromatic carbocycles. The molecule has 2 rings (SSSR count). The molecular formula is C18H18F2N3O+. The third kappa shape index (κ3) is 4.37. The van der Waals surface area contributed by atoms with Gasteiger partial charge in [0.25, 0.3) is 5.91 Å². The summed E-state index contributed by atoms with van der Waals surface area (Å²) < 4.78 is 26.7. The van der Waals surface area contributed by atoms with Crippen molar-refractivity contribution in [3.8, 4) is 6.07 Å². The summed E-state index contributed by atoms with van der Waals surface area (Å²) in [6, 6.07) is 11.1. The van der Waals surface area contributed by atoms with Crippen LogP contribution in [0.4, 0.5) is 14.5 Å². The summed E-state index contributed by atoms with van der Waals surface area (Å²) in [6.45, 7) is 3.46. The highest BCUT2D eigenvalue weighted by atomic mass is 19.1. The van der Waals surface area contributed by atoms with Crippen molar-refractivity contribution >= 4 is 11.6 Å². The number of halogens is 2. The van der Waals surface area contributed by atoms with Crippen LogP contribution in [0.3, 0.4) is 0 Å². The molecule has 3 N–H and O–H groups in total. The molecule has 0 saturated carbocycles. The van der Waals surface area contributed by atoms with Gasteiger partial charge in [-0.3, -0.25) is 4.79 Å². The second-order valence-corrected chi connectivity index (χ2v) is 5.61. The summed E-state index contributed by atoms with van der Waals surface area (Å²) in [5, 5.41) is 13.2. The Labute approximate surface area is 139 Å². The molecule has 2 aromatic rings. The quantitative estimate of drug-likeness (QED) is 0.884. The Morgan fingerprint density at radius 3 is 2.42 bits per heavy atom. The topological polar surface area (TPSA) is 69.5 Å². The molecule has 0 radical (unpaired) electrons. The van der Waals surface area contributed by atoms with Gasteiger partial charge in [-0.1, -0.05) is 0 Å². The molecule has 24 heavy (non-hydrogen) atoms. The van der Waals surface area contributed by atoms with Crippen molar-refractivity contribution in [1.29, 1.82) is 5.26 Å². The van der Waals surface area contributed by atoms with E-state index in [-0.39, 0.29) is 11.9 Å². The van der Waals surface area contributed by atoms with Gasteiger partial charge >= 0.3 is 0 Å². The maximum atomic E-state index is 13.8. The predicted molar refractivity (Wildman–Crippen MR) is 85.9 cm³/mol. The molecule has 0 spiro atoms. The van der Waals surface area contributed by atoms with E-state index in [0.717, 1.165) is 6.07 Å². The lowest BCUT2D eigenvalue weighted by Crippen LogP contribution is -2.91. The van der Waals surface area contributed by atoms with E-state index >= 15 is 0 Å². The molecular weight excluding hydrogens is 312 g/mol. The van der Waals surface area contributed by atoms with Gasteiger partial charge in [0.05, 0.1) is 11.6 Å². The van der Waals surface area contributed by atoms with Crippen LogP contribution in [0.25, 0.3) is 0 Å². The normalized spacial score (nSPS) is 13.0. The minimum atomic E-state index is -0.630. The summed E-state index contributed by atoms with van der Waals surface area (Å²) in [6.07, 6.45) is 0. The molecule has 1 amide bonds. The molecule has 0 saturated heterocycles. The number of hydrogen-bond donors (Lipinski definition) is 2. The fraction of sp³-hybridized carbons (Fsp3) is 0.222. The number of carbonyl (C=O) groups excluding carboxylic acids is 1. The van der Waals surface area contributed by atoms with Gasteiger partial charge in [0.15, 0.2) is 6.04 Å². The number of nitrogens with zero attached hydrogens (tertiary/aromatic N) is 1. The molecule has 0 unspecified atom stereocenters. The first-order valence-electron chi connectivity index (χ1n) is 7.51. The average Bonchev–Trinajstić information content (AvgIpc) is 2.55. The summed E-state index contributed by atoms with van der Waals surface area (Å²) in [4.78, 5) is 12.2. The van der Waals surface area contributed by atoms with Crippen molar-refractivity contribution in [3.63, 3.8) is 0 Å². The van der Waals surface area contributed by atoms with Crippen LogP contribution in [-0.4, -0.2) is 11.9 Å². The lowest BCUT2D eigenvalue weighted by atomic mass is 10.1. The second-order valence-electron chi connectivity index (χ2n) is 5.61. The molecule has 0 aromatic heterocycles. The van der Waals surface area contributed by atoms with Gasteiger partial charge < -0.3 is 10.6 Å². The minimum Gasteiger partial charge on any atom is -0.330 e. The Morgan fingerprint density at radius 1 is 1.17 bits per heavy atom. The van der Waals surface area contributed by atoms with Crippen LogP contribution in [0.15, 0.2) is 42.5 Å². The van der Waals surface area contributed by atoms with Crippen molar-refractivity contribution in [2.24, 2.45) is 0 Å². The van der Waals surface area contributed by atoms with E-state index in [9.17, 15) is 13.6 Å². The summed E-state index contributed by atoms with van der Waals surface area (Å²) in [5.74, 6) is -1.50.